The number of ether oxygens (including phenoxy) is 1. The van der Waals surface area contributed by atoms with Crippen molar-refractivity contribution in [2.75, 3.05) is 18.6 Å². The van der Waals surface area contributed by atoms with Gasteiger partial charge in [-0.1, -0.05) is 15.9 Å². The third-order valence-corrected chi connectivity index (χ3v) is 3.99. The highest BCUT2D eigenvalue weighted by Crippen LogP contribution is 2.32. The number of methoxy groups -OCH3 is 1. The average molecular weight is 330 g/mol. The number of benzene rings is 1. The second-order valence-corrected chi connectivity index (χ2v) is 5.73. The van der Waals surface area contributed by atoms with Crippen molar-refractivity contribution in [3.05, 3.63) is 28.0 Å². The van der Waals surface area contributed by atoms with Crippen molar-refractivity contribution in [3.63, 3.8) is 0 Å². The van der Waals surface area contributed by atoms with Crippen LogP contribution in [0.3, 0.4) is 0 Å². The van der Waals surface area contributed by atoms with Gasteiger partial charge >= 0.3 is 5.97 Å². The van der Waals surface area contributed by atoms with Crippen molar-refractivity contribution in [1.82, 2.24) is 0 Å². The van der Waals surface area contributed by atoms with Gasteiger partial charge in [0.25, 0.3) is 0 Å². The van der Waals surface area contributed by atoms with Gasteiger partial charge in [0.15, 0.2) is 0 Å². The number of hydrogen-bond donors (Lipinski definition) is 0. The molecule has 1 aromatic carbocycles. The number of piperidine rings is 1. The van der Waals surface area contributed by atoms with Crippen molar-refractivity contribution in [1.29, 1.82) is 0 Å². The molecule has 0 saturated carbocycles. The van der Waals surface area contributed by atoms with Crippen LogP contribution in [0.15, 0.2) is 16.6 Å². The van der Waals surface area contributed by atoms with Crippen LogP contribution in [0, 0.1) is 5.82 Å². The van der Waals surface area contributed by atoms with Gasteiger partial charge in [-0.2, -0.15) is 0 Å². The molecule has 1 fully saturated rings. The van der Waals surface area contributed by atoms with Crippen LogP contribution < -0.4 is 4.90 Å². The first-order chi connectivity index (χ1) is 9.04. The van der Waals surface area contributed by atoms with Gasteiger partial charge < -0.3 is 9.64 Å². The molecule has 0 aromatic heterocycles. The Labute approximate surface area is 120 Å². The minimum Gasteiger partial charge on any atom is -0.465 e. The maximum absolute atomic E-state index is 14.1. The maximum atomic E-state index is 14.1. The summed E-state index contributed by atoms with van der Waals surface area (Å²) < 4.78 is 19.4. The molecular weight excluding hydrogens is 313 g/mol. The van der Waals surface area contributed by atoms with Crippen molar-refractivity contribution >= 4 is 27.6 Å². The predicted octanol–water partition coefficient (Wildman–Crippen LogP) is 3.75. The molecule has 1 heterocycles. The molecule has 1 aromatic rings. The molecule has 104 valence electrons. The fourth-order valence-electron chi connectivity index (χ4n) is 2.55. The summed E-state index contributed by atoms with van der Waals surface area (Å²) in [6.45, 7) is 2.93. The van der Waals surface area contributed by atoms with Crippen molar-refractivity contribution in [3.8, 4) is 0 Å². The van der Waals surface area contributed by atoms with E-state index >= 15 is 0 Å². The molecule has 1 aliphatic heterocycles. The Hall–Kier alpha value is -1.10. The van der Waals surface area contributed by atoms with E-state index < -0.39 is 11.8 Å². The van der Waals surface area contributed by atoms with Crippen LogP contribution in [0.1, 0.15) is 36.5 Å². The number of nitrogens with zero attached hydrogens (tertiary/aromatic N) is 1. The van der Waals surface area contributed by atoms with Gasteiger partial charge in [-0.15, -0.1) is 0 Å². The van der Waals surface area contributed by atoms with Crippen molar-refractivity contribution in [2.24, 2.45) is 0 Å². The molecule has 1 unspecified atom stereocenters. The zero-order chi connectivity index (χ0) is 14.0. The molecule has 2 rings (SSSR count). The number of rotatable bonds is 2. The van der Waals surface area contributed by atoms with Crippen LogP contribution in [0.25, 0.3) is 0 Å². The maximum Gasteiger partial charge on any atom is 0.342 e. The molecule has 19 heavy (non-hydrogen) atoms. The van der Waals surface area contributed by atoms with E-state index in [1.165, 1.54) is 19.6 Å². The second kappa shape index (κ2) is 5.90. The fraction of sp³-hybridized carbons (Fsp3) is 0.500. The van der Waals surface area contributed by atoms with E-state index in [9.17, 15) is 9.18 Å². The molecule has 0 aliphatic carbocycles. The standard InChI is InChI=1S/C14H17BrFNO2/c1-9-5-3-4-6-17(9)12-8-10(15)7-11(16)13(12)14(18)19-2/h7-9H,3-6H2,1-2H3. The summed E-state index contributed by atoms with van der Waals surface area (Å²) in [5, 5.41) is 0. The van der Waals surface area contributed by atoms with Crippen LogP contribution >= 0.6 is 15.9 Å². The first-order valence-corrected chi connectivity index (χ1v) is 7.18. The number of hydrogen-bond acceptors (Lipinski definition) is 3. The van der Waals surface area contributed by atoms with E-state index in [0.29, 0.717) is 16.2 Å². The van der Waals surface area contributed by atoms with E-state index in [1.807, 2.05) is 0 Å². The molecule has 3 nitrogen and oxygen atoms in total. The lowest BCUT2D eigenvalue weighted by Crippen LogP contribution is -2.38. The Kier molecular flexibility index (Phi) is 4.45. The van der Waals surface area contributed by atoms with Crippen LogP contribution in [0.2, 0.25) is 0 Å². The first-order valence-electron chi connectivity index (χ1n) is 6.38. The minimum atomic E-state index is -0.627. The van der Waals surface area contributed by atoms with Crippen LogP contribution in [-0.4, -0.2) is 25.7 Å². The summed E-state index contributed by atoms with van der Waals surface area (Å²) >= 11 is 3.29. The Morgan fingerprint density at radius 2 is 2.21 bits per heavy atom. The van der Waals surface area contributed by atoms with Crippen molar-refractivity contribution < 1.29 is 13.9 Å². The summed E-state index contributed by atoms with van der Waals surface area (Å²) in [7, 11) is 1.27. The number of anilines is 1. The number of carbonyl (C=O) groups is 1. The SMILES string of the molecule is COC(=O)c1c(F)cc(Br)cc1N1CCCCC1C. The lowest BCUT2D eigenvalue weighted by Gasteiger charge is -2.36. The Balaban J connectivity index is 2.50. The van der Waals surface area contributed by atoms with Gasteiger partial charge in [0.1, 0.15) is 11.4 Å². The first kappa shape index (κ1) is 14.3. The van der Waals surface area contributed by atoms with E-state index in [4.69, 9.17) is 4.74 Å². The van der Waals surface area contributed by atoms with Crippen LogP contribution in [0.4, 0.5) is 10.1 Å². The molecule has 0 bridgehead atoms. The molecule has 0 N–H and O–H groups in total. The van der Waals surface area contributed by atoms with Gasteiger partial charge in [-0.3, -0.25) is 0 Å². The van der Waals surface area contributed by atoms with Gasteiger partial charge in [-0.05, 0) is 38.3 Å². The van der Waals surface area contributed by atoms with Gasteiger partial charge in [-0.25, -0.2) is 9.18 Å². The Morgan fingerprint density at radius 3 is 2.84 bits per heavy atom. The predicted molar refractivity (Wildman–Crippen MR) is 76.1 cm³/mol. The average Bonchev–Trinajstić information content (AvgIpc) is 2.37. The van der Waals surface area contributed by atoms with Gasteiger partial charge in [0, 0.05) is 17.1 Å². The summed E-state index contributed by atoms with van der Waals surface area (Å²) in [6, 6.07) is 3.38. The molecular formula is C14H17BrFNO2. The van der Waals surface area contributed by atoms with Gasteiger partial charge in [0.05, 0.1) is 12.8 Å². The fourth-order valence-corrected chi connectivity index (χ4v) is 2.96. The molecule has 0 amide bonds. The topological polar surface area (TPSA) is 29.5 Å². The highest BCUT2D eigenvalue weighted by atomic mass is 79.9. The molecule has 0 radical (unpaired) electrons. The lowest BCUT2D eigenvalue weighted by atomic mass is 10.0. The molecule has 1 atom stereocenters. The van der Waals surface area contributed by atoms with E-state index in [1.54, 1.807) is 6.07 Å². The quantitative estimate of drug-likeness (QED) is 0.774. The summed E-state index contributed by atoms with van der Waals surface area (Å²) in [4.78, 5) is 13.9. The third-order valence-electron chi connectivity index (χ3n) is 3.54. The molecule has 1 saturated heterocycles. The highest BCUT2D eigenvalue weighted by Gasteiger charge is 2.26. The lowest BCUT2D eigenvalue weighted by molar-refractivity contribution is 0.0596. The van der Waals surface area contributed by atoms with Gasteiger partial charge in [0.2, 0.25) is 0 Å². The van der Waals surface area contributed by atoms with Crippen LogP contribution in [-0.2, 0) is 4.74 Å². The number of esters is 1. The molecule has 1 aliphatic rings. The minimum absolute atomic E-state index is 0.0273. The van der Waals surface area contributed by atoms with E-state index in [-0.39, 0.29) is 5.56 Å². The number of carbonyl (C=O) groups excluding carboxylic acids is 1. The smallest absolute Gasteiger partial charge is 0.342 e. The summed E-state index contributed by atoms with van der Waals surface area (Å²) in [5.41, 5.74) is 0.644. The molecule has 0 spiro atoms. The van der Waals surface area contributed by atoms with Crippen LogP contribution in [0.5, 0.6) is 0 Å². The van der Waals surface area contributed by atoms with E-state index in [0.717, 1.165) is 19.4 Å². The normalized spacial score (nSPS) is 19.4. The Morgan fingerprint density at radius 1 is 1.47 bits per heavy atom. The number of halogens is 2. The second-order valence-electron chi connectivity index (χ2n) is 4.81. The largest absolute Gasteiger partial charge is 0.465 e. The zero-order valence-corrected chi connectivity index (χ0v) is 12.7. The summed E-state index contributed by atoms with van der Waals surface area (Å²) in [6.07, 6.45) is 3.27. The monoisotopic (exact) mass is 329 g/mol. The van der Waals surface area contributed by atoms with Crippen molar-refractivity contribution in [2.45, 2.75) is 32.2 Å². The molecule has 5 heteroatoms. The Bertz CT molecular complexity index is 493. The zero-order valence-electron chi connectivity index (χ0n) is 11.1. The highest BCUT2D eigenvalue weighted by molar-refractivity contribution is 9.10. The van der Waals surface area contributed by atoms with E-state index in [2.05, 4.69) is 27.8 Å². The third kappa shape index (κ3) is 2.91. The summed E-state index contributed by atoms with van der Waals surface area (Å²) in [5.74, 6) is -1.17.